The Hall–Kier alpha value is -2.11. The van der Waals surface area contributed by atoms with E-state index in [-0.39, 0.29) is 29.8 Å². The number of ether oxygens (including phenoxy) is 2. The van der Waals surface area contributed by atoms with Crippen molar-refractivity contribution in [3.8, 4) is 0 Å². The van der Waals surface area contributed by atoms with Gasteiger partial charge in [0.1, 0.15) is 11.9 Å². The second-order valence-corrected chi connectivity index (χ2v) is 8.32. The van der Waals surface area contributed by atoms with Gasteiger partial charge in [-0.15, -0.1) is 0 Å². The summed E-state index contributed by atoms with van der Waals surface area (Å²) < 4.78 is 11.2. The molecule has 0 aromatic carbocycles. The van der Waals surface area contributed by atoms with Crippen LogP contribution >= 0.6 is 0 Å². The topological polar surface area (TPSA) is 77.5 Å². The molecule has 5 unspecified atom stereocenters. The first-order valence-electron chi connectivity index (χ1n) is 10.1. The molecule has 6 heteroatoms. The first kappa shape index (κ1) is 18.3. The molecule has 1 aliphatic heterocycles. The lowest BCUT2D eigenvalue weighted by molar-refractivity contribution is -0.144. The minimum atomic E-state index is -0.486. The maximum atomic E-state index is 12.3. The van der Waals surface area contributed by atoms with E-state index in [9.17, 15) is 9.59 Å². The molecule has 27 heavy (non-hydrogen) atoms. The number of aromatic nitrogens is 1. The third-order valence-electron chi connectivity index (χ3n) is 6.71. The van der Waals surface area contributed by atoms with Crippen molar-refractivity contribution < 1.29 is 19.1 Å². The Morgan fingerprint density at radius 1 is 1.33 bits per heavy atom. The van der Waals surface area contributed by atoms with Crippen LogP contribution in [0.3, 0.4) is 0 Å². The molecular weight excluding hydrogens is 344 g/mol. The zero-order chi connectivity index (χ0) is 19.0. The van der Waals surface area contributed by atoms with E-state index in [1.807, 2.05) is 26.0 Å². The van der Waals surface area contributed by atoms with Crippen molar-refractivity contribution in [2.75, 3.05) is 11.9 Å². The standard InChI is InChI=1S/C21H28N2O4/c1-12-6-5-9-18(22-12)23-21(25)26-11-17-15-8-4-3-7-14(15)10-16-19(17)13(2)27-20(16)24/h5-6,9,13-17,19H,3-4,7-8,10-11H2,1-2H3,(H,22,23,25)/t13?,14?,15?,16?,17-,19?/m1/s1. The fourth-order valence-corrected chi connectivity index (χ4v) is 5.60. The maximum absolute atomic E-state index is 12.3. The Morgan fingerprint density at radius 2 is 2.15 bits per heavy atom. The lowest BCUT2D eigenvalue weighted by Gasteiger charge is -2.46. The second kappa shape index (κ2) is 7.49. The molecule has 146 valence electrons. The highest BCUT2D eigenvalue weighted by atomic mass is 16.6. The van der Waals surface area contributed by atoms with Gasteiger partial charge >= 0.3 is 12.1 Å². The van der Waals surface area contributed by atoms with Crippen molar-refractivity contribution in [1.82, 2.24) is 4.98 Å². The van der Waals surface area contributed by atoms with Crippen LogP contribution in [0.4, 0.5) is 10.6 Å². The van der Waals surface area contributed by atoms with E-state index in [4.69, 9.17) is 9.47 Å². The average Bonchev–Trinajstić information content (AvgIpc) is 2.92. The molecule has 6 atom stereocenters. The van der Waals surface area contributed by atoms with Gasteiger partial charge in [-0.05, 0) is 50.7 Å². The second-order valence-electron chi connectivity index (χ2n) is 8.32. The van der Waals surface area contributed by atoms with E-state index >= 15 is 0 Å². The van der Waals surface area contributed by atoms with Gasteiger partial charge in [-0.3, -0.25) is 10.1 Å². The van der Waals surface area contributed by atoms with E-state index < -0.39 is 6.09 Å². The molecule has 3 aliphatic rings. The number of anilines is 1. The van der Waals surface area contributed by atoms with Crippen LogP contribution in [0, 0.1) is 36.5 Å². The van der Waals surface area contributed by atoms with E-state index in [0.717, 1.165) is 18.5 Å². The average molecular weight is 372 g/mol. The summed E-state index contributed by atoms with van der Waals surface area (Å²) in [7, 11) is 0. The molecule has 2 saturated carbocycles. The highest BCUT2D eigenvalue weighted by Gasteiger charge is 2.54. The Balaban J connectivity index is 1.44. The number of esters is 1. The Kier molecular flexibility index (Phi) is 5.06. The predicted octanol–water partition coefficient (Wildman–Crippen LogP) is 3.94. The monoisotopic (exact) mass is 372 g/mol. The van der Waals surface area contributed by atoms with Gasteiger partial charge in [0.2, 0.25) is 0 Å². The third kappa shape index (κ3) is 3.66. The van der Waals surface area contributed by atoms with E-state index in [1.54, 1.807) is 6.07 Å². The smallest absolute Gasteiger partial charge is 0.412 e. The van der Waals surface area contributed by atoms with Crippen LogP contribution in [0.15, 0.2) is 18.2 Å². The largest absolute Gasteiger partial charge is 0.462 e. The van der Waals surface area contributed by atoms with Gasteiger partial charge in [0, 0.05) is 17.5 Å². The molecule has 2 aliphatic carbocycles. The van der Waals surface area contributed by atoms with Crippen molar-refractivity contribution in [2.24, 2.45) is 29.6 Å². The molecule has 1 aromatic rings. The summed E-state index contributed by atoms with van der Waals surface area (Å²) in [6, 6.07) is 5.47. The lowest BCUT2D eigenvalue weighted by Crippen LogP contribution is -2.45. The number of hydrogen-bond acceptors (Lipinski definition) is 5. The van der Waals surface area contributed by atoms with Crippen LogP contribution in [0.25, 0.3) is 0 Å². The van der Waals surface area contributed by atoms with Crippen molar-refractivity contribution in [1.29, 1.82) is 0 Å². The predicted molar refractivity (Wildman–Crippen MR) is 100 cm³/mol. The Labute approximate surface area is 160 Å². The lowest BCUT2D eigenvalue weighted by atomic mass is 9.58. The minimum Gasteiger partial charge on any atom is -0.462 e. The van der Waals surface area contributed by atoms with Crippen molar-refractivity contribution in [3.05, 3.63) is 23.9 Å². The maximum Gasteiger partial charge on any atom is 0.412 e. The van der Waals surface area contributed by atoms with Crippen LogP contribution in [0.5, 0.6) is 0 Å². The van der Waals surface area contributed by atoms with Crippen LogP contribution in [0.2, 0.25) is 0 Å². The number of carbonyl (C=O) groups excluding carboxylic acids is 2. The molecule has 0 radical (unpaired) electrons. The highest BCUT2D eigenvalue weighted by molar-refractivity contribution is 5.83. The molecule has 1 saturated heterocycles. The molecule has 0 bridgehead atoms. The Bertz CT molecular complexity index is 722. The number of rotatable bonds is 3. The number of pyridine rings is 1. The molecule has 6 nitrogen and oxygen atoms in total. The van der Waals surface area contributed by atoms with Gasteiger partial charge in [-0.25, -0.2) is 9.78 Å². The zero-order valence-electron chi connectivity index (χ0n) is 16.0. The number of nitrogens with zero attached hydrogens (tertiary/aromatic N) is 1. The minimum absolute atomic E-state index is 0.0329. The normalized spacial score (nSPS) is 35.0. The SMILES string of the molecule is Cc1cccc(NC(=O)OC[C@@H]2C3CCCCC3CC3C(=O)OC(C)C32)n1. The van der Waals surface area contributed by atoms with Gasteiger partial charge in [0.05, 0.1) is 12.5 Å². The summed E-state index contributed by atoms with van der Waals surface area (Å²) in [5, 5.41) is 2.70. The van der Waals surface area contributed by atoms with Gasteiger partial charge in [-0.1, -0.05) is 25.3 Å². The number of hydrogen-bond donors (Lipinski definition) is 1. The van der Waals surface area contributed by atoms with Gasteiger partial charge < -0.3 is 9.47 Å². The van der Waals surface area contributed by atoms with Crippen molar-refractivity contribution in [2.45, 2.75) is 52.1 Å². The van der Waals surface area contributed by atoms with E-state index in [1.165, 1.54) is 19.3 Å². The number of aryl methyl sites for hydroxylation is 1. The quantitative estimate of drug-likeness (QED) is 0.813. The summed E-state index contributed by atoms with van der Waals surface area (Å²) in [6.07, 6.45) is 5.14. The number of cyclic esters (lactones) is 1. The zero-order valence-corrected chi connectivity index (χ0v) is 16.0. The summed E-state index contributed by atoms with van der Waals surface area (Å²) in [6.45, 7) is 4.19. The number of fused-ring (bicyclic) bond motifs is 2. The third-order valence-corrected chi connectivity index (χ3v) is 6.71. The summed E-state index contributed by atoms with van der Waals surface area (Å²) in [4.78, 5) is 28.9. The van der Waals surface area contributed by atoms with Crippen LogP contribution in [0.1, 0.15) is 44.7 Å². The number of carbonyl (C=O) groups is 2. The fourth-order valence-electron chi connectivity index (χ4n) is 5.60. The molecule has 4 rings (SSSR count). The summed E-state index contributed by atoms with van der Waals surface area (Å²) in [5.41, 5.74) is 0.836. The highest BCUT2D eigenvalue weighted by Crippen LogP contribution is 2.53. The van der Waals surface area contributed by atoms with Gasteiger partial charge in [-0.2, -0.15) is 0 Å². The fraction of sp³-hybridized carbons (Fsp3) is 0.667. The van der Waals surface area contributed by atoms with Gasteiger partial charge in [0.25, 0.3) is 0 Å². The van der Waals surface area contributed by atoms with Crippen molar-refractivity contribution in [3.63, 3.8) is 0 Å². The van der Waals surface area contributed by atoms with Gasteiger partial charge in [0.15, 0.2) is 0 Å². The van der Waals surface area contributed by atoms with Crippen LogP contribution in [-0.4, -0.2) is 29.8 Å². The molecule has 1 amide bonds. The first-order valence-corrected chi connectivity index (χ1v) is 10.1. The molecule has 0 spiro atoms. The number of amides is 1. The van der Waals surface area contributed by atoms with E-state index in [0.29, 0.717) is 24.3 Å². The number of nitrogens with one attached hydrogen (secondary N) is 1. The summed E-state index contributed by atoms with van der Waals surface area (Å²) in [5.74, 6) is 1.80. The first-order chi connectivity index (χ1) is 13.0. The van der Waals surface area contributed by atoms with E-state index in [2.05, 4.69) is 10.3 Å². The molecular formula is C21H28N2O4. The van der Waals surface area contributed by atoms with Crippen LogP contribution < -0.4 is 5.32 Å². The molecule has 2 heterocycles. The molecule has 1 N–H and O–H groups in total. The molecule has 3 fully saturated rings. The molecule has 1 aromatic heterocycles. The summed E-state index contributed by atoms with van der Waals surface area (Å²) >= 11 is 0. The Morgan fingerprint density at radius 3 is 2.96 bits per heavy atom. The van der Waals surface area contributed by atoms with Crippen molar-refractivity contribution >= 4 is 17.9 Å². The van der Waals surface area contributed by atoms with Crippen LogP contribution in [-0.2, 0) is 14.3 Å².